The smallest absolute Gasteiger partial charge is 0.320 e. The van der Waals surface area contributed by atoms with Crippen LogP contribution in [0.1, 0.15) is 6.42 Å². The molecule has 3 rings (SSSR count). The van der Waals surface area contributed by atoms with Gasteiger partial charge in [0, 0.05) is 51.9 Å². The molecule has 0 radical (unpaired) electrons. The summed E-state index contributed by atoms with van der Waals surface area (Å²) in [5, 5.41) is 8.90. The zero-order valence-corrected chi connectivity index (χ0v) is 15.3. The van der Waals surface area contributed by atoms with Gasteiger partial charge in [-0.1, -0.05) is 0 Å². The van der Waals surface area contributed by atoms with E-state index in [1.54, 1.807) is 9.80 Å². The van der Waals surface area contributed by atoms with Gasteiger partial charge in [0.05, 0.1) is 24.0 Å². The van der Waals surface area contributed by atoms with Crippen molar-refractivity contribution in [1.29, 1.82) is 0 Å². The molecule has 25 heavy (non-hydrogen) atoms. The Morgan fingerprint density at radius 1 is 1.00 bits per heavy atom. The van der Waals surface area contributed by atoms with Crippen molar-refractivity contribution in [1.82, 2.24) is 19.6 Å². The summed E-state index contributed by atoms with van der Waals surface area (Å²) in [6.07, 6.45) is -0.0182. The van der Waals surface area contributed by atoms with Gasteiger partial charge in [0.15, 0.2) is 9.84 Å². The molecule has 0 aliphatic carbocycles. The average Bonchev–Trinajstić information content (AvgIpc) is 2.87. The van der Waals surface area contributed by atoms with Gasteiger partial charge >= 0.3 is 12.0 Å². The summed E-state index contributed by atoms with van der Waals surface area (Å²) >= 11 is 0. The highest BCUT2D eigenvalue weighted by Gasteiger charge is 2.48. The molecule has 2 atom stereocenters. The zero-order chi connectivity index (χ0) is 18.2. The Kier molecular flexibility index (Phi) is 5.21. The monoisotopic (exact) mass is 374 g/mol. The van der Waals surface area contributed by atoms with Crippen molar-refractivity contribution >= 4 is 21.8 Å². The fourth-order valence-electron chi connectivity index (χ4n) is 3.96. The summed E-state index contributed by atoms with van der Waals surface area (Å²) in [6, 6.07) is -0.757. The lowest BCUT2D eigenvalue weighted by Crippen LogP contribution is -2.64. The second kappa shape index (κ2) is 7.08. The van der Waals surface area contributed by atoms with Crippen molar-refractivity contribution in [2.24, 2.45) is 0 Å². The number of carbonyl (C=O) groups is 2. The third kappa shape index (κ3) is 4.06. The van der Waals surface area contributed by atoms with Gasteiger partial charge < -0.3 is 19.8 Å². The van der Waals surface area contributed by atoms with Crippen LogP contribution in [0.3, 0.4) is 0 Å². The van der Waals surface area contributed by atoms with E-state index in [4.69, 9.17) is 5.11 Å². The van der Waals surface area contributed by atoms with E-state index in [0.29, 0.717) is 32.7 Å². The largest absolute Gasteiger partial charge is 0.481 e. The highest BCUT2D eigenvalue weighted by molar-refractivity contribution is 7.91. The van der Waals surface area contributed by atoms with Gasteiger partial charge in [0.1, 0.15) is 0 Å². The quantitative estimate of drug-likeness (QED) is 0.649. The Balaban J connectivity index is 1.72. The van der Waals surface area contributed by atoms with Gasteiger partial charge in [-0.3, -0.25) is 9.69 Å². The molecule has 0 aromatic rings. The number of hydrogen-bond acceptors (Lipinski definition) is 6. The Morgan fingerprint density at radius 3 is 2.28 bits per heavy atom. The lowest BCUT2D eigenvalue weighted by atomic mass is 10.0. The first-order valence-electron chi connectivity index (χ1n) is 8.67. The maximum absolute atomic E-state index is 12.9. The predicted octanol–water partition coefficient (Wildman–Crippen LogP) is -1.39. The number of sulfone groups is 1. The molecule has 0 saturated carbocycles. The molecule has 0 aromatic carbocycles. The molecule has 3 saturated heterocycles. The number of amides is 2. The lowest BCUT2D eigenvalue weighted by Gasteiger charge is -2.46. The molecule has 3 heterocycles. The zero-order valence-electron chi connectivity index (χ0n) is 14.5. The molecule has 0 spiro atoms. The van der Waals surface area contributed by atoms with Crippen LogP contribution in [0.15, 0.2) is 0 Å². The maximum atomic E-state index is 12.9. The lowest BCUT2D eigenvalue weighted by molar-refractivity contribution is -0.137. The summed E-state index contributed by atoms with van der Waals surface area (Å²) in [7, 11) is -1.20. The first-order valence-corrected chi connectivity index (χ1v) is 10.5. The van der Waals surface area contributed by atoms with Crippen molar-refractivity contribution in [2.45, 2.75) is 18.5 Å². The summed E-state index contributed by atoms with van der Waals surface area (Å²) < 4.78 is 24.3. The van der Waals surface area contributed by atoms with Gasteiger partial charge in [0.25, 0.3) is 0 Å². The van der Waals surface area contributed by atoms with Gasteiger partial charge in [-0.05, 0) is 7.05 Å². The Labute approximate surface area is 148 Å². The van der Waals surface area contributed by atoms with E-state index in [2.05, 4.69) is 4.90 Å². The van der Waals surface area contributed by atoms with Crippen molar-refractivity contribution in [3.8, 4) is 0 Å². The Bertz CT molecular complexity index is 632. The van der Waals surface area contributed by atoms with E-state index in [1.165, 1.54) is 0 Å². The van der Waals surface area contributed by atoms with Crippen LogP contribution >= 0.6 is 0 Å². The van der Waals surface area contributed by atoms with Crippen LogP contribution in [-0.2, 0) is 14.6 Å². The fraction of sp³-hybridized carbons (Fsp3) is 0.867. The topological polar surface area (TPSA) is 101 Å². The number of carbonyl (C=O) groups excluding carboxylic acids is 1. The summed E-state index contributed by atoms with van der Waals surface area (Å²) in [5.74, 6) is -0.918. The number of piperazine rings is 2. The standard InChI is InChI=1S/C15H26N4O5S/c1-16-4-6-18(7-5-16)15(22)19-9-8-17(3-2-14(20)21)12-10-25(23,24)11-13(12)19/h12-13H,2-11H2,1H3,(H,20,21)/t12-,13+/m1/s1. The van der Waals surface area contributed by atoms with Crippen LogP contribution in [0, 0.1) is 0 Å². The van der Waals surface area contributed by atoms with E-state index in [0.717, 1.165) is 13.1 Å². The molecule has 9 nitrogen and oxygen atoms in total. The van der Waals surface area contributed by atoms with Crippen molar-refractivity contribution in [3.63, 3.8) is 0 Å². The molecule has 3 aliphatic rings. The van der Waals surface area contributed by atoms with E-state index >= 15 is 0 Å². The van der Waals surface area contributed by atoms with Gasteiger partial charge in [-0.15, -0.1) is 0 Å². The maximum Gasteiger partial charge on any atom is 0.320 e. The first kappa shape index (κ1) is 18.4. The molecule has 2 amide bonds. The second-order valence-corrected chi connectivity index (χ2v) is 9.31. The number of hydrogen-bond donors (Lipinski definition) is 1. The molecule has 0 aromatic heterocycles. The highest BCUT2D eigenvalue weighted by Crippen LogP contribution is 2.28. The minimum atomic E-state index is -3.22. The molecule has 142 valence electrons. The third-order valence-electron chi connectivity index (χ3n) is 5.42. The summed E-state index contributed by atoms with van der Waals surface area (Å²) in [5.41, 5.74) is 0. The summed E-state index contributed by atoms with van der Waals surface area (Å²) in [4.78, 5) is 31.4. The average molecular weight is 374 g/mol. The molecule has 10 heteroatoms. The second-order valence-electron chi connectivity index (χ2n) is 7.16. The normalized spacial score (nSPS) is 30.3. The number of carboxylic acids is 1. The number of urea groups is 1. The number of aliphatic carboxylic acids is 1. The number of carboxylic acid groups (broad SMARTS) is 1. The molecular weight excluding hydrogens is 348 g/mol. The number of likely N-dealkylation sites (N-methyl/N-ethyl adjacent to an activating group) is 1. The molecule has 3 fully saturated rings. The van der Waals surface area contributed by atoms with Crippen LogP contribution in [-0.4, -0.2) is 122 Å². The van der Waals surface area contributed by atoms with Crippen molar-refractivity contribution in [3.05, 3.63) is 0 Å². The van der Waals surface area contributed by atoms with Crippen LogP contribution in [0.4, 0.5) is 4.79 Å². The first-order chi connectivity index (χ1) is 11.8. The fourth-order valence-corrected chi connectivity index (χ4v) is 5.97. The molecule has 0 bridgehead atoms. The van der Waals surface area contributed by atoms with Gasteiger partial charge in [0.2, 0.25) is 0 Å². The van der Waals surface area contributed by atoms with E-state index in [1.807, 2.05) is 11.9 Å². The number of rotatable bonds is 3. The SMILES string of the molecule is CN1CCN(C(=O)N2CCN(CCC(=O)O)[C@@H]3CS(=O)(=O)C[C@@H]32)CC1. The number of fused-ring (bicyclic) bond motifs is 1. The predicted molar refractivity (Wildman–Crippen MR) is 91.2 cm³/mol. The van der Waals surface area contributed by atoms with E-state index in [-0.39, 0.29) is 36.0 Å². The molecule has 1 N–H and O–H groups in total. The van der Waals surface area contributed by atoms with Crippen LogP contribution in [0.2, 0.25) is 0 Å². The number of nitrogens with zero attached hydrogens (tertiary/aromatic N) is 4. The Hall–Kier alpha value is -1.39. The third-order valence-corrected chi connectivity index (χ3v) is 7.12. The van der Waals surface area contributed by atoms with Crippen LogP contribution in [0.25, 0.3) is 0 Å². The minimum absolute atomic E-state index is 0.00377. The van der Waals surface area contributed by atoms with Crippen LogP contribution < -0.4 is 0 Å². The van der Waals surface area contributed by atoms with Gasteiger partial charge in [-0.25, -0.2) is 13.2 Å². The molecular formula is C15H26N4O5S. The molecule has 3 aliphatic heterocycles. The van der Waals surface area contributed by atoms with E-state index < -0.39 is 15.8 Å². The van der Waals surface area contributed by atoms with Crippen LogP contribution in [0.5, 0.6) is 0 Å². The Morgan fingerprint density at radius 2 is 1.64 bits per heavy atom. The van der Waals surface area contributed by atoms with Crippen molar-refractivity contribution < 1.29 is 23.1 Å². The van der Waals surface area contributed by atoms with E-state index in [9.17, 15) is 18.0 Å². The van der Waals surface area contributed by atoms with Crippen molar-refractivity contribution in [2.75, 3.05) is 64.4 Å². The summed E-state index contributed by atoms with van der Waals surface area (Å²) in [6.45, 7) is 4.22. The minimum Gasteiger partial charge on any atom is -0.481 e. The molecule has 0 unspecified atom stereocenters. The highest BCUT2D eigenvalue weighted by atomic mass is 32.2. The van der Waals surface area contributed by atoms with Gasteiger partial charge in [-0.2, -0.15) is 0 Å².